The maximum Gasteiger partial charge on any atom is 0.143 e. The number of amidine groups is 1. The van der Waals surface area contributed by atoms with Crippen LogP contribution < -0.4 is 16.0 Å². The standard InChI is InChI=1S/C26H33N5/c1-2-23-12-15-25-26(27-23)31(29-28-25)24-13-10-22(11-14-24)21-9-6-17-30(18-16-21)19-20-7-4-3-5-8-20/h3-5,7-8,10-14,21,25,28-29H,2,6,9,15-19H2,1H3. The van der Waals surface area contributed by atoms with E-state index in [2.05, 4.69) is 88.5 Å². The van der Waals surface area contributed by atoms with Gasteiger partial charge in [-0.3, -0.25) is 4.90 Å². The Morgan fingerprint density at radius 2 is 1.84 bits per heavy atom. The topological polar surface area (TPSA) is 42.9 Å². The molecule has 2 N–H and O–H groups in total. The van der Waals surface area contributed by atoms with Crippen LogP contribution in [0.2, 0.25) is 0 Å². The first-order valence-electron chi connectivity index (χ1n) is 11.8. The molecule has 0 aromatic heterocycles. The summed E-state index contributed by atoms with van der Waals surface area (Å²) in [5.74, 6) is 1.73. The molecule has 0 amide bonds. The third-order valence-corrected chi connectivity index (χ3v) is 6.79. The first-order chi connectivity index (χ1) is 15.3. The smallest absolute Gasteiger partial charge is 0.143 e. The van der Waals surface area contributed by atoms with E-state index in [9.17, 15) is 0 Å². The van der Waals surface area contributed by atoms with Gasteiger partial charge in [0.15, 0.2) is 0 Å². The molecule has 0 radical (unpaired) electrons. The molecule has 5 heteroatoms. The van der Waals surface area contributed by atoms with Crippen molar-refractivity contribution in [2.75, 3.05) is 18.1 Å². The highest BCUT2D eigenvalue weighted by atomic mass is 15.7. The number of fused-ring (bicyclic) bond motifs is 1. The predicted octanol–water partition coefficient (Wildman–Crippen LogP) is 4.75. The maximum absolute atomic E-state index is 4.86. The van der Waals surface area contributed by atoms with Gasteiger partial charge in [0.1, 0.15) is 5.84 Å². The summed E-state index contributed by atoms with van der Waals surface area (Å²) < 4.78 is 0. The number of nitrogens with one attached hydrogen (secondary N) is 2. The molecule has 2 aromatic carbocycles. The number of hydrogen-bond donors (Lipinski definition) is 2. The number of aliphatic imine (C=N–C) groups is 1. The van der Waals surface area contributed by atoms with E-state index in [0.29, 0.717) is 5.92 Å². The zero-order valence-corrected chi connectivity index (χ0v) is 18.4. The van der Waals surface area contributed by atoms with Gasteiger partial charge in [0.25, 0.3) is 0 Å². The van der Waals surface area contributed by atoms with E-state index in [4.69, 9.17) is 4.99 Å². The molecule has 0 aliphatic carbocycles. The van der Waals surface area contributed by atoms with Gasteiger partial charge < -0.3 is 0 Å². The summed E-state index contributed by atoms with van der Waals surface area (Å²) in [7, 11) is 0. The lowest BCUT2D eigenvalue weighted by Gasteiger charge is -2.22. The minimum absolute atomic E-state index is 0.257. The molecule has 5 rings (SSSR count). The van der Waals surface area contributed by atoms with Gasteiger partial charge in [-0.05, 0) is 74.4 Å². The molecule has 3 heterocycles. The van der Waals surface area contributed by atoms with Crippen molar-refractivity contribution in [1.82, 2.24) is 15.9 Å². The van der Waals surface area contributed by atoms with E-state index >= 15 is 0 Å². The fraction of sp³-hybridized carbons (Fsp3) is 0.423. The number of allylic oxidation sites excluding steroid dienone is 1. The van der Waals surface area contributed by atoms with Crippen molar-refractivity contribution in [1.29, 1.82) is 0 Å². The average molecular weight is 416 g/mol. The normalized spacial score (nSPS) is 24.4. The van der Waals surface area contributed by atoms with Gasteiger partial charge in [-0.25, -0.2) is 15.4 Å². The first kappa shape index (κ1) is 20.4. The Labute approximate surface area is 185 Å². The number of likely N-dealkylation sites (tertiary alicyclic amines) is 1. The second-order valence-electron chi connectivity index (χ2n) is 8.88. The SMILES string of the molecule is CCC1=CCC2NNN(c3ccc(C4CCCN(Cc5ccccc5)CC4)cc3)C2=N1. The highest BCUT2D eigenvalue weighted by Crippen LogP contribution is 2.31. The molecule has 0 bridgehead atoms. The Morgan fingerprint density at radius 1 is 1.00 bits per heavy atom. The maximum atomic E-state index is 4.86. The van der Waals surface area contributed by atoms with E-state index in [1.54, 1.807) is 0 Å². The number of benzene rings is 2. The quantitative estimate of drug-likeness (QED) is 0.740. The zero-order chi connectivity index (χ0) is 21.0. The van der Waals surface area contributed by atoms with Crippen molar-refractivity contribution >= 4 is 11.5 Å². The van der Waals surface area contributed by atoms with Crippen molar-refractivity contribution in [2.45, 2.75) is 57.5 Å². The molecule has 5 nitrogen and oxygen atoms in total. The molecular weight excluding hydrogens is 382 g/mol. The largest absolute Gasteiger partial charge is 0.299 e. The minimum Gasteiger partial charge on any atom is -0.299 e. The number of anilines is 1. The molecule has 31 heavy (non-hydrogen) atoms. The Morgan fingerprint density at radius 3 is 2.65 bits per heavy atom. The first-order valence-corrected chi connectivity index (χ1v) is 11.8. The fourth-order valence-electron chi connectivity index (χ4n) is 4.96. The molecule has 2 fully saturated rings. The van der Waals surface area contributed by atoms with Crippen LogP contribution in [0.15, 0.2) is 71.4 Å². The third kappa shape index (κ3) is 4.59. The summed E-state index contributed by atoms with van der Waals surface area (Å²) in [5, 5.41) is 2.10. The van der Waals surface area contributed by atoms with Gasteiger partial charge in [0, 0.05) is 12.2 Å². The summed E-state index contributed by atoms with van der Waals surface area (Å²) >= 11 is 0. The lowest BCUT2D eigenvalue weighted by molar-refractivity contribution is 0.275. The van der Waals surface area contributed by atoms with Crippen molar-refractivity contribution in [3.8, 4) is 0 Å². The van der Waals surface area contributed by atoms with Crippen LogP contribution in [0.4, 0.5) is 5.69 Å². The Bertz CT molecular complexity index is 934. The Balaban J connectivity index is 1.23. The Hall–Kier alpha value is -2.47. The summed E-state index contributed by atoms with van der Waals surface area (Å²) in [6.07, 6.45) is 7.98. The van der Waals surface area contributed by atoms with Crippen LogP contribution in [0.3, 0.4) is 0 Å². The molecule has 2 saturated heterocycles. The van der Waals surface area contributed by atoms with Crippen LogP contribution in [-0.2, 0) is 6.54 Å². The van der Waals surface area contributed by atoms with Gasteiger partial charge >= 0.3 is 0 Å². The van der Waals surface area contributed by atoms with Gasteiger partial charge in [-0.2, -0.15) is 5.53 Å². The number of nitrogens with zero attached hydrogens (tertiary/aromatic N) is 3. The summed E-state index contributed by atoms with van der Waals surface area (Å²) in [5.41, 5.74) is 11.9. The highest BCUT2D eigenvalue weighted by molar-refractivity contribution is 6.03. The van der Waals surface area contributed by atoms with E-state index in [1.807, 2.05) is 0 Å². The van der Waals surface area contributed by atoms with Gasteiger partial charge in [-0.1, -0.05) is 55.5 Å². The van der Waals surface area contributed by atoms with Crippen LogP contribution in [0.1, 0.15) is 56.1 Å². The number of rotatable bonds is 5. The van der Waals surface area contributed by atoms with Crippen molar-refractivity contribution in [3.63, 3.8) is 0 Å². The molecule has 2 atom stereocenters. The molecule has 2 unspecified atom stereocenters. The lowest BCUT2D eigenvalue weighted by atomic mass is 9.92. The van der Waals surface area contributed by atoms with Gasteiger partial charge in [-0.15, -0.1) is 0 Å². The molecule has 2 aromatic rings. The zero-order valence-electron chi connectivity index (χ0n) is 18.4. The van der Waals surface area contributed by atoms with E-state index < -0.39 is 0 Å². The Kier molecular flexibility index (Phi) is 6.16. The highest BCUT2D eigenvalue weighted by Gasteiger charge is 2.31. The van der Waals surface area contributed by atoms with Crippen LogP contribution in [0.25, 0.3) is 0 Å². The molecule has 3 aliphatic rings. The number of hydrogen-bond acceptors (Lipinski definition) is 5. The molecule has 0 spiro atoms. The van der Waals surface area contributed by atoms with Crippen molar-refractivity contribution < 1.29 is 0 Å². The monoisotopic (exact) mass is 415 g/mol. The van der Waals surface area contributed by atoms with Crippen LogP contribution in [0.5, 0.6) is 0 Å². The second kappa shape index (κ2) is 9.35. The second-order valence-corrected chi connectivity index (χ2v) is 8.88. The predicted molar refractivity (Wildman–Crippen MR) is 128 cm³/mol. The molecule has 3 aliphatic heterocycles. The van der Waals surface area contributed by atoms with Crippen molar-refractivity contribution in [2.24, 2.45) is 4.99 Å². The molecular formula is C26H33N5. The van der Waals surface area contributed by atoms with E-state index in [-0.39, 0.29) is 6.04 Å². The number of hydrazine groups is 2. The van der Waals surface area contributed by atoms with Crippen molar-refractivity contribution in [3.05, 3.63) is 77.5 Å². The average Bonchev–Trinajstić information content (AvgIpc) is 3.11. The van der Waals surface area contributed by atoms with Crippen LogP contribution in [0, 0.1) is 0 Å². The molecule has 162 valence electrons. The van der Waals surface area contributed by atoms with Gasteiger partial charge in [0.2, 0.25) is 0 Å². The fourth-order valence-corrected chi connectivity index (χ4v) is 4.96. The van der Waals surface area contributed by atoms with Crippen LogP contribution in [-0.4, -0.2) is 29.9 Å². The van der Waals surface area contributed by atoms with E-state index in [1.165, 1.54) is 49.2 Å². The summed E-state index contributed by atoms with van der Waals surface area (Å²) in [6, 6.07) is 20.2. The summed E-state index contributed by atoms with van der Waals surface area (Å²) in [6.45, 7) is 5.60. The van der Waals surface area contributed by atoms with E-state index in [0.717, 1.165) is 30.9 Å². The minimum atomic E-state index is 0.257. The molecule has 0 saturated carbocycles. The van der Waals surface area contributed by atoms with Crippen LogP contribution >= 0.6 is 0 Å². The third-order valence-electron chi connectivity index (χ3n) is 6.79. The van der Waals surface area contributed by atoms with Gasteiger partial charge in [0.05, 0.1) is 11.7 Å². The lowest BCUT2D eigenvalue weighted by Crippen LogP contribution is -2.37. The summed E-state index contributed by atoms with van der Waals surface area (Å²) in [4.78, 5) is 7.48.